The molecule has 0 bridgehead atoms. The molecule has 376 valence electrons. The van der Waals surface area contributed by atoms with Crippen molar-refractivity contribution in [2.45, 2.75) is 86.4 Å². The Labute approximate surface area is 407 Å². The fourth-order valence-corrected chi connectivity index (χ4v) is 8.83. The lowest BCUT2D eigenvalue weighted by Gasteiger charge is -2.35. The first kappa shape index (κ1) is 52.2. The van der Waals surface area contributed by atoms with E-state index >= 15 is 0 Å². The number of amides is 5. The molecule has 5 aromatic rings. The molecule has 6 rings (SSSR count). The molecule has 1 aliphatic rings. The third kappa shape index (κ3) is 12.9. The standard InChI is InChI=1S/C51H66N8O11/c1-30(2)45(57-43(61)15-14-42(60)55-28-51(5,6)27-50(3,4)16-17-52)47(63)54-25-44(62)56-32-12-10-31(11-13-32)26-68-49(65)58(7)18-19-59-46-35-22-40-41(70-29-69-40)23-37(35)53-24-36(46)33-20-38(66-8)39(67-9)21-34(33)48(59)64/h10-13,20-24,30,45H,14-19,25-29,52H2,1-9H3,(H,54,63)(H,55,60)(H,56,62)(H,57,61). The molecule has 70 heavy (non-hydrogen) atoms. The highest BCUT2D eigenvalue weighted by molar-refractivity contribution is 6.15. The van der Waals surface area contributed by atoms with Crippen molar-refractivity contribution in [2.24, 2.45) is 22.5 Å². The number of nitrogens with two attached hydrogens (primary N) is 1. The van der Waals surface area contributed by atoms with Crippen molar-refractivity contribution in [1.29, 1.82) is 0 Å². The van der Waals surface area contributed by atoms with Gasteiger partial charge in [-0.3, -0.25) is 29.0 Å². The van der Waals surface area contributed by atoms with Crippen LogP contribution in [0.25, 0.3) is 32.6 Å². The number of ether oxygens (including phenoxy) is 5. The topological polar surface area (TPSA) is 244 Å². The number of aromatic nitrogens is 2. The van der Waals surface area contributed by atoms with Crippen molar-refractivity contribution >= 4 is 68.0 Å². The van der Waals surface area contributed by atoms with Gasteiger partial charge in [0.2, 0.25) is 30.4 Å². The van der Waals surface area contributed by atoms with Gasteiger partial charge in [-0.1, -0.05) is 53.7 Å². The lowest BCUT2D eigenvalue weighted by atomic mass is 9.73. The lowest BCUT2D eigenvalue weighted by molar-refractivity contribution is -0.131. The quantitative estimate of drug-likeness (QED) is 0.0531. The molecule has 1 aliphatic heterocycles. The predicted octanol–water partition coefficient (Wildman–Crippen LogP) is 5.60. The second kappa shape index (κ2) is 22.5. The molecule has 5 amide bonds. The Hall–Kier alpha value is -7.15. The zero-order valence-electron chi connectivity index (χ0n) is 41.5. The first-order chi connectivity index (χ1) is 33.2. The van der Waals surface area contributed by atoms with E-state index in [1.54, 1.807) is 80.2 Å². The van der Waals surface area contributed by atoms with Crippen molar-refractivity contribution in [3.8, 4) is 23.0 Å². The molecule has 3 heterocycles. The van der Waals surface area contributed by atoms with Crippen LogP contribution in [-0.4, -0.2) is 104 Å². The fourth-order valence-electron chi connectivity index (χ4n) is 8.83. The van der Waals surface area contributed by atoms with Crippen LogP contribution in [-0.2, 0) is 37.1 Å². The normalized spacial score (nSPS) is 12.7. The van der Waals surface area contributed by atoms with E-state index in [0.717, 1.165) is 12.8 Å². The smallest absolute Gasteiger partial charge is 0.409 e. The van der Waals surface area contributed by atoms with Gasteiger partial charge < -0.3 is 60.2 Å². The third-order valence-corrected chi connectivity index (χ3v) is 12.3. The van der Waals surface area contributed by atoms with Crippen molar-refractivity contribution < 1.29 is 47.7 Å². The Bertz CT molecular complexity index is 2810. The number of nitrogens with one attached hydrogen (secondary N) is 4. The van der Waals surface area contributed by atoms with E-state index in [1.807, 2.05) is 0 Å². The van der Waals surface area contributed by atoms with Gasteiger partial charge in [0.1, 0.15) is 12.6 Å². The second-order valence-electron chi connectivity index (χ2n) is 19.5. The van der Waals surface area contributed by atoms with E-state index in [-0.39, 0.29) is 74.1 Å². The fraction of sp³-hybridized carbons (Fsp3) is 0.471. The van der Waals surface area contributed by atoms with Gasteiger partial charge in [-0.2, -0.15) is 0 Å². The number of hydrogen-bond acceptors (Lipinski definition) is 13. The van der Waals surface area contributed by atoms with Crippen LogP contribution >= 0.6 is 0 Å². The SMILES string of the molecule is COc1cc2c(=O)n(CCN(C)C(=O)OCc3ccc(NC(=O)CNC(=O)C(NC(=O)CCC(=O)NCC(C)(C)CC(C)(C)CCN)C(C)C)cc3)c3c4cc5c(cc4ncc3c2cc1OC)OCO5. The second-order valence-corrected chi connectivity index (χ2v) is 19.5. The molecule has 0 fully saturated rings. The maximum atomic E-state index is 14.3. The van der Waals surface area contributed by atoms with Crippen LogP contribution in [0.2, 0.25) is 0 Å². The van der Waals surface area contributed by atoms with Gasteiger partial charge in [0.25, 0.3) is 5.56 Å². The molecule has 19 nitrogen and oxygen atoms in total. The number of benzene rings is 3. The predicted molar refractivity (Wildman–Crippen MR) is 266 cm³/mol. The van der Waals surface area contributed by atoms with E-state index in [4.69, 9.17) is 34.4 Å². The minimum atomic E-state index is -0.922. The summed E-state index contributed by atoms with van der Waals surface area (Å²) in [5.74, 6) is -0.120. The molecule has 6 N–H and O–H groups in total. The molecule has 0 spiro atoms. The number of fused-ring (bicyclic) bond motifs is 6. The van der Waals surface area contributed by atoms with Crippen LogP contribution in [0.1, 0.15) is 72.8 Å². The van der Waals surface area contributed by atoms with Gasteiger partial charge in [-0.05, 0) is 72.0 Å². The molecule has 19 heteroatoms. The van der Waals surface area contributed by atoms with Crippen LogP contribution in [0.4, 0.5) is 10.5 Å². The summed E-state index contributed by atoms with van der Waals surface area (Å²) in [7, 11) is 4.60. The molecule has 0 saturated heterocycles. The Morgan fingerprint density at radius 3 is 2.16 bits per heavy atom. The molecule has 1 atom stereocenters. The third-order valence-electron chi connectivity index (χ3n) is 12.3. The van der Waals surface area contributed by atoms with Crippen molar-refractivity contribution in [3.63, 3.8) is 0 Å². The number of carbonyl (C=O) groups excluding carboxylic acids is 5. The van der Waals surface area contributed by atoms with Crippen LogP contribution < -0.4 is 51.5 Å². The largest absolute Gasteiger partial charge is 0.493 e. The van der Waals surface area contributed by atoms with Gasteiger partial charge in [0.05, 0.1) is 37.2 Å². The molecule has 2 aromatic heterocycles. The van der Waals surface area contributed by atoms with E-state index in [2.05, 4.69) is 49.0 Å². The van der Waals surface area contributed by atoms with Crippen molar-refractivity contribution in [1.82, 2.24) is 30.4 Å². The minimum absolute atomic E-state index is 0.0329. The summed E-state index contributed by atoms with van der Waals surface area (Å²) >= 11 is 0. The number of nitrogens with zero attached hydrogens (tertiary/aromatic N) is 3. The van der Waals surface area contributed by atoms with E-state index in [9.17, 15) is 28.8 Å². The highest BCUT2D eigenvalue weighted by Gasteiger charge is 2.30. The number of carbonyl (C=O) groups is 5. The number of rotatable bonds is 22. The summed E-state index contributed by atoms with van der Waals surface area (Å²) < 4.78 is 29.6. The summed E-state index contributed by atoms with van der Waals surface area (Å²) in [4.78, 5) is 85.0. The van der Waals surface area contributed by atoms with Gasteiger partial charge in [-0.25, -0.2) is 4.79 Å². The van der Waals surface area contributed by atoms with Gasteiger partial charge >= 0.3 is 6.09 Å². The zero-order chi connectivity index (χ0) is 50.9. The number of likely N-dealkylation sites (N-methyl/N-ethyl adjacent to an activating group) is 1. The Morgan fingerprint density at radius 2 is 1.50 bits per heavy atom. The molecular formula is C51H66N8O11. The van der Waals surface area contributed by atoms with Crippen molar-refractivity contribution in [2.75, 3.05) is 59.6 Å². The summed E-state index contributed by atoms with van der Waals surface area (Å²) in [6, 6.07) is 12.7. The minimum Gasteiger partial charge on any atom is -0.493 e. The Morgan fingerprint density at radius 1 is 0.843 bits per heavy atom. The molecule has 1 unspecified atom stereocenters. The average molecular weight is 967 g/mol. The maximum absolute atomic E-state index is 14.3. The van der Waals surface area contributed by atoms with Crippen molar-refractivity contribution in [3.05, 3.63) is 70.6 Å². The lowest BCUT2D eigenvalue weighted by Crippen LogP contribution is -2.51. The van der Waals surface area contributed by atoms with Crippen LogP contribution in [0, 0.1) is 16.7 Å². The summed E-state index contributed by atoms with van der Waals surface area (Å²) in [5, 5.41) is 13.3. The Kier molecular flexibility index (Phi) is 16.8. The molecule has 3 aromatic carbocycles. The monoisotopic (exact) mass is 966 g/mol. The van der Waals surface area contributed by atoms with Gasteiger partial charge in [0, 0.05) is 73.6 Å². The summed E-state index contributed by atoms with van der Waals surface area (Å²) in [5.41, 5.74) is 7.60. The molecular weight excluding hydrogens is 901 g/mol. The highest BCUT2D eigenvalue weighted by Crippen LogP contribution is 2.40. The van der Waals surface area contributed by atoms with Gasteiger partial charge in [0.15, 0.2) is 23.0 Å². The molecule has 0 radical (unpaired) electrons. The van der Waals surface area contributed by atoms with E-state index < -0.39 is 29.9 Å². The van der Waals surface area contributed by atoms with E-state index in [1.165, 1.54) is 19.1 Å². The number of hydrogen-bond donors (Lipinski definition) is 5. The zero-order valence-corrected chi connectivity index (χ0v) is 41.5. The Balaban J connectivity index is 0.986. The average Bonchev–Trinajstić information content (AvgIpc) is 3.78. The van der Waals surface area contributed by atoms with E-state index in [0.29, 0.717) is 79.9 Å². The van der Waals surface area contributed by atoms with Crippen LogP contribution in [0.3, 0.4) is 0 Å². The van der Waals surface area contributed by atoms with Crippen LogP contribution in [0.5, 0.6) is 23.0 Å². The number of methoxy groups -OCH3 is 2. The highest BCUT2D eigenvalue weighted by atomic mass is 16.7. The summed E-state index contributed by atoms with van der Waals surface area (Å²) in [6.45, 7) is 12.9. The first-order valence-electron chi connectivity index (χ1n) is 23.3. The van der Waals surface area contributed by atoms with Gasteiger partial charge in [-0.15, -0.1) is 0 Å². The molecule has 0 saturated carbocycles. The molecule has 0 aliphatic carbocycles. The first-order valence-corrected chi connectivity index (χ1v) is 23.3. The van der Waals surface area contributed by atoms with Crippen LogP contribution in [0.15, 0.2) is 59.5 Å². The summed E-state index contributed by atoms with van der Waals surface area (Å²) in [6.07, 6.45) is 2.69. The number of anilines is 1. The number of pyridine rings is 2. The maximum Gasteiger partial charge on any atom is 0.409 e.